The second-order valence-corrected chi connectivity index (χ2v) is 2.81. The van der Waals surface area contributed by atoms with E-state index in [1.807, 2.05) is 0 Å². The van der Waals surface area contributed by atoms with Crippen molar-refractivity contribution in [3.63, 3.8) is 0 Å². The zero-order chi connectivity index (χ0) is 8.27. The standard InChI is InChI=1S/C7H15N3O/c8-4-7(5-11)10(9)6-2-1-3-6/h4,6,11H,1-3,5,8-9H2/b7-4-. The fourth-order valence-corrected chi connectivity index (χ4v) is 1.12. The monoisotopic (exact) mass is 157 g/mol. The van der Waals surface area contributed by atoms with Crippen LogP contribution in [0.25, 0.3) is 0 Å². The molecule has 0 aromatic heterocycles. The third-order valence-corrected chi connectivity index (χ3v) is 2.15. The van der Waals surface area contributed by atoms with Crippen molar-refractivity contribution in [3.8, 4) is 0 Å². The normalized spacial score (nSPS) is 19.6. The van der Waals surface area contributed by atoms with Gasteiger partial charge in [-0.1, -0.05) is 0 Å². The van der Waals surface area contributed by atoms with Crippen molar-refractivity contribution in [3.05, 3.63) is 11.9 Å². The van der Waals surface area contributed by atoms with Crippen molar-refractivity contribution < 1.29 is 5.11 Å². The van der Waals surface area contributed by atoms with E-state index in [0.29, 0.717) is 11.7 Å². The Balaban J connectivity index is 2.43. The maximum atomic E-state index is 8.79. The maximum absolute atomic E-state index is 8.79. The molecule has 5 N–H and O–H groups in total. The average molecular weight is 157 g/mol. The molecule has 0 bridgehead atoms. The highest BCUT2D eigenvalue weighted by atomic mass is 16.3. The largest absolute Gasteiger partial charge is 0.403 e. The summed E-state index contributed by atoms with van der Waals surface area (Å²) in [7, 11) is 0. The first kappa shape index (κ1) is 8.36. The summed E-state index contributed by atoms with van der Waals surface area (Å²) in [4.78, 5) is 0. The van der Waals surface area contributed by atoms with Crippen molar-refractivity contribution in [2.24, 2.45) is 11.6 Å². The molecule has 1 fully saturated rings. The van der Waals surface area contributed by atoms with Crippen molar-refractivity contribution in [1.29, 1.82) is 0 Å². The fraction of sp³-hybridized carbons (Fsp3) is 0.714. The van der Waals surface area contributed by atoms with E-state index in [1.165, 1.54) is 12.6 Å². The van der Waals surface area contributed by atoms with Crippen LogP contribution in [0.3, 0.4) is 0 Å². The topological polar surface area (TPSA) is 75.5 Å². The average Bonchev–Trinajstić information content (AvgIpc) is 1.86. The molecule has 64 valence electrons. The highest BCUT2D eigenvalue weighted by molar-refractivity contribution is 5.00. The van der Waals surface area contributed by atoms with Crippen molar-refractivity contribution >= 4 is 0 Å². The number of aliphatic hydroxyl groups is 1. The highest BCUT2D eigenvalue weighted by Crippen LogP contribution is 2.24. The van der Waals surface area contributed by atoms with Gasteiger partial charge in [-0.05, 0) is 19.3 Å². The van der Waals surface area contributed by atoms with Crippen LogP contribution in [0, 0.1) is 0 Å². The minimum atomic E-state index is -0.0799. The summed E-state index contributed by atoms with van der Waals surface area (Å²) in [5, 5.41) is 10.4. The van der Waals surface area contributed by atoms with Gasteiger partial charge in [-0.2, -0.15) is 0 Å². The Hall–Kier alpha value is -0.740. The van der Waals surface area contributed by atoms with Crippen LogP contribution < -0.4 is 11.6 Å². The number of hydrogen-bond donors (Lipinski definition) is 3. The predicted molar refractivity (Wildman–Crippen MR) is 43.0 cm³/mol. The van der Waals surface area contributed by atoms with Gasteiger partial charge in [0.05, 0.1) is 12.3 Å². The van der Waals surface area contributed by atoms with Gasteiger partial charge < -0.3 is 15.8 Å². The van der Waals surface area contributed by atoms with Gasteiger partial charge in [0.1, 0.15) is 0 Å². The summed E-state index contributed by atoms with van der Waals surface area (Å²) >= 11 is 0. The van der Waals surface area contributed by atoms with E-state index in [1.54, 1.807) is 5.01 Å². The predicted octanol–water partition coefficient (Wildman–Crippen LogP) is -0.493. The molecule has 0 atom stereocenters. The number of nitrogens with zero attached hydrogens (tertiary/aromatic N) is 1. The molecule has 11 heavy (non-hydrogen) atoms. The second kappa shape index (κ2) is 3.59. The molecule has 0 heterocycles. The van der Waals surface area contributed by atoms with Gasteiger partial charge in [-0.25, -0.2) is 5.84 Å². The Kier molecular flexibility index (Phi) is 2.73. The molecule has 1 aliphatic rings. The summed E-state index contributed by atoms with van der Waals surface area (Å²) in [5.41, 5.74) is 5.86. The molecule has 0 aromatic carbocycles. The Labute approximate surface area is 66.4 Å². The van der Waals surface area contributed by atoms with Crippen molar-refractivity contribution in [1.82, 2.24) is 5.01 Å². The van der Waals surface area contributed by atoms with Crippen LogP contribution in [-0.4, -0.2) is 22.8 Å². The summed E-state index contributed by atoms with van der Waals surface area (Å²) in [6.07, 6.45) is 4.79. The lowest BCUT2D eigenvalue weighted by molar-refractivity contribution is 0.145. The molecule has 1 rings (SSSR count). The Bertz CT molecular complexity index is 154. The van der Waals surface area contributed by atoms with E-state index in [9.17, 15) is 0 Å². The molecule has 0 radical (unpaired) electrons. The van der Waals surface area contributed by atoms with Gasteiger partial charge in [-0.15, -0.1) is 0 Å². The molecular weight excluding hydrogens is 142 g/mol. The molecule has 0 unspecified atom stereocenters. The smallest absolute Gasteiger partial charge is 0.0858 e. The summed E-state index contributed by atoms with van der Waals surface area (Å²) in [5.74, 6) is 5.67. The molecule has 4 heteroatoms. The van der Waals surface area contributed by atoms with Gasteiger partial charge in [0.15, 0.2) is 0 Å². The number of hydrogen-bond acceptors (Lipinski definition) is 4. The van der Waals surface area contributed by atoms with E-state index >= 15 is 0 Å². The quantitative estimate of drug-likeness (QED) is 0.381. The first-order chi connectivity index (χ1) is 5.29. The van der Waals surface area contributed by atoms with E-state index in [-0.39, 0.29) is 6.61 Å². The zero-order valence-corrected chi connectivity index (χ0v) is 6.53. The highest BCUT2D eigenvalue weighted by Gasteiger charge is 2.23. The number of hydrazine groups is 1. The molecule has 0 aliphatic heterocycles. The first-order valence-electron chi connectivity index (χ1n) is 3.85. The van der Waals surface area contributed by atoms with Crippen LogP contribution in [0.15, 0.2) is 11.9 Å². The summed E-state index contributed by atoms with van der Waals surface area (Å²) in [6.45, 7) is -0.0799. The van der Waals surface area contributed by atoms with Crippen LogP contribution in [0.1, 0.15) is 19.3 Å². The third kappa shape index (κ3) is 1.64. The van der Waals surface area contributed by atoms with Gasteiger partial charge >= 0.3 is 0 Å². The van der Waals surface area contributed by atoms with Crippen LogP contribution >= 0.6 is 0 Å². The molecule has 0 amide bonds. The van der Waals surface area contributed by atoms with Gasteiger partial charge in [0, 0.05) is 12.2 Å². The minimum absolute atomic E-state index is 0.0799. The lowest BCUT2D eigenvalue weighted by Crippen LogP contribution is -2.45. The molecule has 4 nitrogen and oxygen atoms in total. The lowest BCUT2D eigenvalue weighted by atomic mass is 9.92. The molecule has 1 saturated carbocycles. The van der Waals surface area contributed by atoms with Crippen molar-refractivity contribution in [2.75, 3.05) is 6.61 Å². The lowest BCUT2D eigenvalue weighted by Gasteiger charge is -2.36. The van der Waals surface area contributed by atoms with Gasteiger partial charge in [0.25, 0.3) is 0 Å². The Morgan fingerprint density at radius 3 is 2.55 bits per heavy atom. The molecule has 0 aromatic rings. The summed E-state index contributed by atoms with van der Waals surface area (Å²) in [6, 6.07) is 0.386. The van der Waals surface area contributed by atoms with E-state index < -0.39 is 0 Å². The molecule has 0 spiro atoms. The number of rotatable bonds is 3. The third-order valence-electron chi connectivity index (χ3n) is 2.15. The Morgan fingerprint density at radius 1 is 1.64 bits per heavy atom. The SMILES string of the molecule is N/C=C(/CO)N(N)C1CCC1. The Morgan fingerprint density at radius 2 is 2.27 bits per heavy atom. The fourth-order valence-electron chi connectivity index (χ4n) is 1.12. The van der Waals surface area contributed by atoms with Crippen LogP contribution in [0.2, 0.25) is 0 Å². The van der Waals surface area contributed by atoms with Crippen LogP contribution in [-0.2, 0) is 0 Å². The summed E-state index contributed by atoms with van der Waals surface area (Å²) < 4.78 is 0. The number of aliphatic hydroxyl groups excluding tert-OH is 1. The maximum Gasteiger partial charge on any atom is 0.0858 e. The molecular formula is C7H15N3O. The molecule has 1 aliphatic carbocycles. The van der Waals surface area contributed by atoms with Crippen LogP contribution in [0.4, 0.5) is 0 Å². The van der Waals surface area contributed by atoms with Crippen LogP contribution in [0.5, 0.6) is 0 Å². The van der Waals surface area contributed by atoms with E-state index in [4.69, 9.17) is 16.7 Å². The second-order valence-electron chi connectivity index (χ2n) is 2.81. The van der Waals surface area contributed by atoms with E-state index in [2.05, 4.69) is 0 Å². The molecule has 0 saturated heterocycles. The van der Waals surface area contributed by atoms with Crippen molar-refractivity contribution in [2.45, 2.75) is 25.3 Å². The van der Waals surface area contributed by atoms with E-state index in [0.717, 1.165) is 12.8 Å². The minimum Gasteiger partial charge on any atom is -0.403 e. The zero-order valence-electron chi connectivity index (χ0n) is 6.53. The number of nitrogens with two attached hydrogens (primary N) is 2. The van der Waals surface area contributed by atoms with Gasteiger partial charge in [-0.3, -0.25) is 0 Å². The first-order valence-corrected chi connectivity index (χ1v) is 3.85. The van der Waals surface area contributed by atoms with Gasteiger partial charge in [0.2, 0.25) is 0 Å².